The molecule has 0 fully saturated rings. The summed E-state index contributed by atoms with van der Waals surface area (Å²) in [6.07, 6.45) is 2.74. The third-order valence-electron chi connectivity index (χ3n) is 4.06. The minimum atomic E-state index is 0.356. The van der Waals surface area contributed by atoms with Gasteiger partial charge in [-0.25, -0.2) is 15.0 Å². The topological polar surface area (TPSA) is 67.9 Å². The zero-order chi connectivity index (χ0) is 16.5. The number of rotatable bonds is 3. The van der Waals surface area contributed by atoms with E-state index in [0.717, 1.165) is 58.6 Å². The molecule has 7 heteroatoms. The van der Waals surface area contributed by atoms with Crippen molar-refractivity contribution in [2.45, 2.75) is 19.5 Å². The van der Waals surface area contributed by atoms with Gasteiger partial charge in [-0.05, 0) is 12.1 Å². The highest BCUT2D eigenvalue weighted by Crippen LogP contribution is 2.26. The molecule has 0 saturated carbocycles. The van der Waals surface area contributed by atoms with Gasteiger partial charge in [0.15, 0.2) is 0 Å². The zero-order valence-electron chi connectivity index (χ0n) is 12.9. The van der Waals surface area contributed by atoms with E-state index in [4.69, 9.17) is 22.3 Å². The van der Waals surface area contributed by atoms with Crippen LogP contribution in [0.4, 0.5) is 5.95 Å². The van der Waals surface area contributed by atoms with Crippen LogP contribution in [0.2, 0.25) is 5.02 Å². The quantitative estimate of drug-likeness (QED) is 0.778. The first kappa shape index (κ1) is 15.5. The molecule has 0 amide bonds. The molecule has 4 rings (SSSR count). The Morgan fingerprint density at radius 1 is 1.21 bits per heavy atom. The molecule has 0 spiro atoms. The van der Waals surface area contributed by atoms with Crippen molar-refractivity contribution < 1.29 is 0 Å². The second-order valence-electron chi connectivity index (χ2n) is 5.81. The van der Waals surface area contributed by atoms with Gasteiger partial charge in [0, 0.05) is 53.8 Å². The molecule has 122 valence electrons. The number of aromatic nitrogens is 3. The molecule has 3 heterocycles. The molecule has 0 unspecified atom stereocenters. The zero-order valence-corrected chi connectivity index (χ0v) is 14.5. The van der Waals surface area contributed by atoms with E-state index in [1.807, 2.05) is 30.5 Å². The summed E-state index contributed by atoms with van der Waals surface area (Å²) in [5.41, 5.74) is 10.1. The molecule has 0 saturated heterocycles. The van der Waals surface area contributed by atoms with Crippen LogP contribution < -0.4 is 5.73 Å². The van der Waals surface area contributed by atoms with Crippen LogP contribution in [0.15, 0.2) is 35.8 Å². The smallest absolute Gasteiger partial charge is 0.220 e. The fourth-order valence-corrected chi connectivity index (χ4v) is 3.80. The SMILES string of the molecule is Nc1ncc2c(n1)CCN(Cc1csc(-c3ccc(Cl)cc3)n1)C2. The lowest BCUT2D eigenvalue weighted by atomic mass is 10.1. The summed E-state index contributed by atoms with van der Waals surface area (Å²) in [5.74, 6) is 0.356. The number of anilines is 1. The number of nitrogens with two attached hydrogens (primary N) is 1. The molecule has 1 aliphatic heterocycles. The third-order valence-corrected chi connectivity index (χ3v) is 5.25. The van der Waals surface area contributed by atoms with Gasteiger partial charge in [-0.15, -0.1) is 11.3 Å². The minimum Gasteiger partial charge on any atom is -0.368 e. The normalized spacial score (nSPS) is 14.5. The maximum Gasteiger partial charge on any atom is 0.220 e. The second-order valence-corrected chi connectivity index (χ2v) is 7.11. The Morgan fingerprint density at radius 2 is 2.04 bits per heavy atom. The van der Waals surface area contributed by atoms with Crippen molar-refractivity contribution in [1.82, 2.24) is 19.9 Å². The van der Waals surface area contributed by atoms with Gasteiger partial charge in [0.05, 0.1) is 11.4 Å². The fraction of sp³-hybridized carbons (Fsp3) is 0.235. The van der Waals surface area contributed by atoms with E-state index in [-0.39, 0.29) is 0 Å². The van der Waals surface area contributed by atoms with Crippen LogP contribution in [-0.2, 0) is 19.5 Å². The number of nitrogen functional groups attached to an aromatic ring is 1. The summed E-state index contributed by atoms with van der Waals surface area (Å²) in [6, 6.07) is 7.80. The molecule has 0 bridgehead atoms. The van der Waals surface area contributed by atoms with Crippen LogP contribution in [0.5, 0.6) is 0 Å². The molecule has 2 aromatic heterocycles. The van der Waals surface area contributed by atoms with Crippen molar-refractivity contribution >= 4 is 28.9 Å². The summed E-state index contributed by atoms with van der Waals surface area (Å²) in [4.78, 5) is 15.5. The number of hydrogen-bond acceptors (Lipinski definition) is 6. The highest BCUT2D eigenvalue weighted by molar-refractivity contribution is 7.13. The number of benzene rings is 1. The van der Waals surface area contributed by atoms with Gasteiger partial charge in [-0.2, -0.15) is 0 Å². The predicted molar refractivity (Wildman–Crippen MR) is 96.8 cm³/mol. The Kier molecular flexibility index (Phi) is 4.18. The summed E-state index contributed by atoms with van der Waals surface area (Å²) >= 11 is 7.61. The molecule has 5 nitrogen and oxygen atoms in total. The van der Waals surface area contributed by atoms with Crippen LogP contribution in [0.1, 0.15) is 17.0 Å². The van der Waals surface area contributed by atoms with Gasteiger partial charge in [0.1, 0.15) is 5.01 Å². The number of halogens is 1. The lowest BCUT2D eigenvalue weighted by molar-refractivity contribution is 0.240. The monoisotopic (exact) mass is 357 g/mol. The van der Waals surface area contributed by atoms with Crippen LogP contribution >= 0.6 is 22.9 Å². The second kappa shape index (κ2) is 6.47. The lowest BCUT2D eigenvalue weighted by Crippen LogP contribution is -2.31. The van der Waals surface area contributed by atoms with Gasteiger partial charge < -0.3 is 5.73 Å². The van der Waals surface area contributed by atoms with Crippen molar-refractivity contribution in [3.63, 3.8) is 0 Å². The predicted octanol–water partition coefficient (Wildman–Crippen LogP) is 3.39. The maximum absolute atomic E-state index is 5.94. The highest BCUT2D eigenvalue weighted by Gasteiger charge is 2.19. The lowest BCUT2D eigenvalue weighted by Gasteiger charge is -2.27. The Balaban J connectivity index is 1.47. The number of nitrogens with zero attached hydrogens (tertiary/aromatic N) is 4. The molecule has 24 heavy (non-hydrogen) atoms. The molecule has 3 aromatic rings. The summed E-state index contributed by atoms with van der Waals surface area (Å²) in [7, 11) is 0. The fourth-order valence-electron chi connectivity index (χ4n) is 2.86. The minimum absolute atomic E-state index is 0.356. The summed E-state index contributed by atoms with van der Waals surface area (Å²) in [6.45, 7) is 2.62. The molecule has 0 atom stereocenters. The van der Waals surface area contributed by atoms with Crippen molar-refractivity contribution in [3.05, 3.63) is 57.8 Å². The van der Waals surface area contributed by atoms with E-state index in [9.17, 15) is 0 Å². The van der Waals surface area contributed by atoms with Crippen LogP contribution in [0, 0.1) is 0 Å². The average molecular weight is 358 g/mol. The van der Waals surface area contributed by atoms with Crippen molar-refractivity contribution in [1.29, 1.82) is 0 Å². The standard InChI is InChI=1S/C17H16ClN5S/c18-13-3-1-11(2-4-13)16-21-14(10-24-16)9-23-6-5-15-12(8-23)7-20-17(19)22-15/h1-4,7,10H,5-6,8-9H2,(H2,19,20,22). The Labute approximate surface area is 149 Å². The van der Waals surface area contributed by atoms with E-state index >= 15 is 0 Å². The number of fused-ring (bicyclic) bond motifs is 1. The Morgan fingerprint density at radius 3 is 2.88 bits per heavy atom. The van der Waals surface area contributed by atoms with Gasteiger partial charge in [0.2, 0.25) is 5.95 Å². The summed E-state index contributed by atoms with van der Waals surface area (Å²) in [5, 5.41) is 3.89. The molecule has 1 aliphatic rings. The van der Waals surface area contributed by atoms with E-state index in [1.54, 1.807) is 11.3 Å². The van der Waals surface area contributed by atoms with Crippen molar-refractivity contribution in [2.24, 2.45) is 0 Å². The van der Waals surface area contributed by atoms with Gasteiger partial charge >= 0.3 is 0 Å². The molecular weight excluding hydrogens is 342 g/mol. The Hall–Kier alpha value is -2.02. The van der Waals surface area contributed by atoms with Crippen molar-refractivity contribution in [3.8, 4) is 10.6 Å². The molecule has 1 aromatic carbocycles. The highest BCUT2D eigenvalue weighted by atomic mass is 35.5. The average Bonchev–Trinajstić information content (AvgIpc) is 3.04. The molecule has 2 N–H and O–H groups in total. The van der Waals surface area contributed by atoms with Gasteiger partial charge in [-0.3, -0.25) is 4.90 Å². The van der Waals surface area contributed by atoms with Crippen LogP contribution in [0.3, 0.4) is 0 Å². The first-order chi connectivity index (χ1) is 11.7. The third kappa shape index (κ3) is 3.26. The first-order valence-corrected chi connectivity index (χ1v) is 8.96. The molecule has 0 aliphatic carbocycles. The largest absolute Gasteiger partial charge is 0.368 e. The van der Waals surface area contributed by atoms with E-state index in [1.165, 1.54) is 0 Å². The summed E-state index contributed by atoms with van der Waals surface area (Å²) < 4.78 is 0. The number of thiazole rings is 1. The molecular formula is C17H16ClN5S. The van der Waals surface area contributed by atoms with E-state index in [0.29, 0.717) is 5.95 Å². The van der Waals surface area contributed by atoms with Crippen LogP contribution in [0.25, 0.3) is 10.6 Å². The first-order valence-electron chi connectivity index (χ1n) is 7.70. The van der Waals surface area contributed by atoms with Crippen molar-refractivity contribution in [2.75, 3.05) is 12.3 Å². The number of hydrogen-bond donors (Lipinski definition) is 1. The van der Waals surface area contributed by atoms with Gasteiger partial charge in [-0.1, -0.05) is 23.7 Å². The van der Waals surface area contributed by atoms with Crippen LogP contribution in [-0.4, -0.2) is 26.4 Å². The van der Waals surface area contributed by atoms with E-state index < -0.39 is 0 Å². The maximum atomic E-state index is 5.94. The molecule has 0 radical (unpaired) electrons. The van der Waals surface area contributed by atoms with Gasteiger partial charge in [0.25, 0.3) is 0 Å². The Bertz CT molecular complexity index is 862. The van der Waals surface area contributed by atoms with E-state index in [2.05, 4.69) is 20.2 Å².